The first-order valence-electron chi connectivity index (χ1n) is 7.48. The number of phenolic OH excluding ortho intramolecular Hbond substituents is 1. The van der Waals surface area contributed by atoms with E-state index >= 15 is 0 Å². The van der Waals surface area contributed by atoms with E-state index in [1.165, 1.54) is 30.4 Å². The summed E-state index contributed by atoms with van der Waals surface area (Å²) in [6.07, 6.45) is 4.92. The molecule has 1 N–H and O–H groups in total. The number of hydrogen-bond acceptors (Lipinski definition) is 3. The van der Waals surface area contributed by atoms with Crippen molar-refractivity contribution in [1.29, 1.82) is 0 Å². The van der Waals surface area contributed by atoms with E-state index in [0.29, 0.717) is 19.0 Å². The monoisotopic (exact) mass is 284 g/mol. The van der Waals surface area contributed by atoms with Gasteiger partial charge in [0.05, 0.1) is 0 Å². The third-order valence-electron chi connectivity index (χ3n) is 3.76. The maximum Gasteiger partial charge on any atom is 0.123 e. The molecular formula is C18H20O3. The van der Waals surface area contributed by atoms with Crippen molar-refractivity contribution in [3.05, 3.63) is 53.6 Å². The minimum absolute atomic E-state index is 0.211. The molecule has 0 heterocycles. The zero-order valence-electron chi connectivity index (χ0n) is 12.0. The number of hydrogen-bond donors (Lipinski definition) is 1. The van der Waals surface area contributed by atoms with Gasteiger partial charge in [0.1, 0.15) is 30.5 Å². The average Bonchev–Trinajstić information content (AvgIpc) is 2.51. The Labute approximate surface area is 125 Å². The number of phenols is 1. The van der Waals surface area contributed by atoms with Crippen LogP contribution in [0.1, 0.15) is 24.0 Å². The predicted molar refractivity (Wildman–Crippen MR) is 82.2 cm³/mol. The maximum atomic E-state index is 9.35. The van der Waals surface area contributed by atoms with E-state index in [4.69, 9.17) is 9.47 Å². The van der Waals surface area contributed by atoms with Gasteiger partial charge in [-0.25, -0.2) is 0 Å². The van der Waals surface area contributed by atoms with Gasteiger partial charge in [0.2, 0.25) is 0 Å². The van der Waals surface area contributed by atoms with E-state index in [0.717, 1.165) is 12.2 Å². The molecule has 3 rings (SSSR count). The Morgan fingerprint density at radius 3 is 2.29 bits per heavy atom. The zero-order chi connectivity index (χ0) is 14.5. The highest BCUT2D eigenvalue weighted by Gasteiger charge is 2.09. The Hall–Kier alpha value is -2.16. The standard InChI is InChI=1S/C18H20O3/c19-16-6-3-7-17(13-16)20-10-11-21-18-9-8-14-4-1-2-5-15(14)12-18/h3,6-9,12-13,19H,1-2,4-5,10-11H2. The van der Waals surface area contributed by atoms with E-state index < -0.39 is 0 Å². The Morgan fingerprint density at radius 1 is 0.810 bits per heavy atom. The second kappa shape index (κ2) is 6.53. The van der Waals surface area contributed by atoms with Crippen LogP contribution in [0.5, 0.6) is 17.2 Å². The van der Waals surface area contributed by atoms with Gasteiger partial charge in [0.15, 0.2) is 0 Å². The van der Waals surface area contributed by atoms with Crippen molar-refractivity contribution in [2.24, 2.45) is 0 Å². The number of ether oxygens (including phenoxy) is 2. The lowest BCUT2D eigenvalue weighted by atomic mass is 9.92. The minimum atomic E-state index is 0.211. The molecule has 0 atom stereocenters. The third-order valence-corrected chi connectivity index (χ3v) is 3.76. The lowest BCUT2D eigenvalue weighted by Gasteiger charge is -2.17. The topological polar surface area (TPSA) is 38.7 Å². The number of rotatable bonds is 5. The Balaban J connectivity index is 1.49. The van der Waals surface area contributed by atoms with Gasteiger partial charge in [0, 0.05) is 6.07 Å². The van der Waals surface area contributed by atoms with Crippen LogP contribution >= 0.6 is 0 Å². The summed E-state index contributed by atoms with van der Waals surface area (Å²) in [7, 11) is 0. The molecule has 0 aromatic heterocycles. The fourth-order valence-electron chi connectivity index (χ4n) is 2.69. The quantitative estimate of drug-likeness (QED) is 0.850. The second-order valence-electron chi connectivity index (χ2n) is 5.33. The first-order valence-corrected chi connectivity index (χ1v) is 7.48. The first kappa shape index (κ1) is 13.8. The molecule has 3 nitrogen and oxygen atoms in total. The van der Waals surface area contributed by atoms with E-state index in [1.807, 2.05) is 12.1 Å². The molecular weight excluding hydrogens is 264 g/mol. The van der Waals surface area contributed by atoms with Gasteiger partial charge in [-0.3, -0.25) is 0 Å². The van der Waals surface area contributed by atoms with Gasteiger partial charge in [0.25, 0.3) is 0 Å². The molecule has 0 unspecified atom stereocenters. The van der Waals surface area contributed by atoms with Crippen molar-refractivity contribution in [2.75, 3.05) is 13.2 Å². The van der Waals surface area contributed by atoms with E-state index in [2.05, 4.69) is 12.1 Å². The molecule has 3 heteroatoms. The van der Waals surface area contributed by atoms with Crippen molar-refractivity contribution in [3.8, 4) is 17.2 Å². The predicted octanol–water partition coefficient (Wildman–Crippen LogP) is 3.73. The molecule has 0 saturated heterocycles. The van der Waals surface area contributed by atoms with E-state index in [1.54, 1.807) is 18.2 Å². The third kappa shape index (κ3) is 3.69. The molecule has 0 amide bonds. The Kier molecular flexibility index (Phi) is 4.29. The van der Waals surface area contributed by atoms with Crippen LogP contribution in [0.3, 0.4) is 0 Å². The summed E-state index contributed by atoms with van der Waals surface area (Å²) in [6.45, 7) is 0.953. The summed E-state index contributed by atoms with van der Waals surface area (Å²) in [5, 5.41) is 9.35. The number of aromatic hydroxyl groups is 1. The summed E-state index contributed by atoms with van der Waals surface area (Å²) in [5.74, 6) is 1.78. The van der Waals surface area contributed by atoms with Crippen LogP contribution in [0.15, 0.2) is 42.5 Å². The second-order valence-corrected chi connectivity index (χ2v) is 5.33. The van der Waals surface area contributed by atoms with Crippen molar-refractivity contribution < 1.29 is 14.6 Å². The molecule has 21 heavy (non-hydrogen) atoms. The number of aryl methyl sites for hydroxylation is 2. The highest BCUT2D eigenvalue weighted by atomic mass is 16.5. The summed E-state index contributed by atoms with van der Waals surface area (Å²) in [5.41, 5.74) is 2.89. The number of fused-ring (bicyclic) bond motifs is 1. The van der Waals surface area contributed by atoms with Gasteiger partial charge in [-0.1, -0.05) is 12.1 Å². The molecule has 2 aromatic carbocycles. The SMILES string of the molecule is Oc1cccc(OCCOc2ccc3c(c2)CCCC3)c1. The van der Waals surface area contributed by atoms with Gasteiger partial charge < -0.3 is 14.6 Å². The van der Waals surface area contributed by atoms with Crippen LogP contribution in [0, 0.1) is 0 Å². The van der Waals surface area contributed by atoms with Crippen LogP contribution in [-0.2, 0) is 12.8 Å². The van der Waals surface area contributed by atoms with Gasteiger partial charge in [-0.15, -0.1) is 0 Å². The zero-order valence-corrected chi connectivity index (χ0v) is 12.0. The summed E-state index contributed by atoms with van der Waals surface area (Å²) >= 11 is 0. The van der Waals surface area contributed by atoms with Crippen molar-refractivity contribution >= 4 is 0 Å². The van der Waals surface area contributed by atoms with Crippen molar-refractivity contribution in [2.45, 2.75) is 25.7 Å². The summed E-state index contributed by atoms with van der Waals surface area (Å²) in [4.78, 5) is 0. The van der Waals surface area contributed by atoms with Crippen molar-refractivity contribution in [3.63, 3.8) is 0 Å². The van der Waals surface area contributed by atoms with Gasteiger partial charge in [-0.2, -0.15) is 0 Å². The molecule has 0 spiro atoms. The van der Waals surface area contributed by atoms with Crippen LogP contribution in [0.2, 0.25) is 0 Å². The fourth-order valence-corrected chi connectivity index (χ4v) is 2.69. The molecule has 0 aliphatic heterocycles. The smallest absolute Gasteiger partial charge is 0.123 e. The molecule has 110 valence electrons. The first-order chi connectivity index (χ1) is 10.3. The molecule has 2 aromatic rings. The normalized spacial score (nSPS) is 13.5. The lowest BCUT2D eigenvalue weighted by molar-refractivity contribution is 0.216. The minimum Gasteiger partial charge on any atom is -0.508 e. The highest BCUT2D eigenvalue weighted by Crippen LogP contribution is 2.25. The van der Waals surface area contributed by atoms with E-state index in [9.17, 15) is 5.11 Å². The van der Waals surface area contributed by atoms with Crippen LogP contribution < -0.4 is 9.47 Å². The molecule has 0 radical (unpaired) electrons. The van der Waals surface area contributed by atoms with Crippen LogP contribution in [0.4, 0.5) is 0 Å². The summed E-state index contributed by atoms with van der Waals surface area (Å²) in [6, 6.07) is 13.2. The maximum absolute atomic E-state index is 9.35. The summed E-state index contributed by atoms with van der Waals surface area (Å²) < 4.78 is 11.3. The highest BCUT2D eigenvalue weighted by molar-refractivity contribution is 5.37. The van der Waals surface area contributed by atoms with Crippen molar-refractivity contribution in [1.82, 2.24) is 0 Å². The largest absolute Gasteiger partial charge is 0.508 e. The van der Waals surface area contributed by atoms with Gasteiger partial charge in [-0.05, 0) is 61.1 Å². The molecule has 1 aliphatic rings. The average molecular weight is 284 g/mol. The number of benzene rings is 2. The Bertz CT molecular complexity index is 607. The van der Waals surface area contributed by atoms with Crippen LogP contribution in [0.25, 0.3) is 0 Å². The molecule has 0 fully saturated rings. The Morgan fingerprint density at radius 2 is 1.52 bits per heavy atom. The molecule has 0 saturated carbocycles. The molecule has 0 bridgehead atoms. The lowest BCUT2D eigenvalue weighted by Crippen LogP contribution is -2.10. The van der Waals surface area contributed by atoms with E-state index in [-0.39, 0.29) is 5.75 Å². The molecule has 1 aliphatic carbocycles. The van der Waals surface area contributed by atoms with Gasteiger partial charge >= 0.3 is 0 Å². The van der Waals surface area contributed by atoms with Crippen LogP contribution in [-0.4, -0.2) is 18.3 Å². The fraction of sp³-hybridized carbons (Fsp3) is 0.333.